The second-order valence-corrected chi connectivity index (χ2v) is 4.92. The van der Waals surface area contributed by atoms with Gasteiger partial charge in [0, 0.05) is 36.9 Å². The maximum atomic E-state index is 12.2. The number of fused-ring (bicyclic) bond motifs is 1. The second-order valence-electron chi connectivity index (χ2n) is 4.92. The number of aromatic nitrogens is 1. The Balaban J connectivity index is 1.83. The molecule has 0 fully saturated rings. The first kappa shape index (κ1) is 11.8. The third-order valence-corrected chi connectivity index (χ3v) is 3.45. The molecule has 1 aliphatic heterocycles. The van der Waals surface area contributed by atoms with Gasteiger partial charge in [-0.25, -0.2) is 0 Å². The molecular weight excluding hydrogens is 238 g/mol. The average molecular weight is 255 g/mol. The van der Waals surface area contributed by atoms with Crippen LogP contribution in [0.5, 0.6) is 0 Å². The van der Waals surface area contributed by atoms with Crippen molar-refractivity contribution in [3.63, 3.8) is 0 Å². The van der Waals surface area contributed by atoms with Crippen LogP contribution in [0.3, 0.4) is 0 Å². The number of hydrogen-bond acceptors (Lipinski definition) is 2. The lowest BCUT2D eigenvalue weighted by atomic mass is 10.1. The summed E-state index contributed by atoms with van der Waals surface area (Å²) in [4.78, 5) is 14.3. The van der Waals surface area contributed by atoms with Crippen LogP contribution >= 0.6 is 0 Å². The van der Waals surface area contributed by atoms with Gasteiger partial charge in [-0.15, -0.1) is 0 Å². The van der Waals surface area contributed by atoms with Crippen LogP contribution in [0.2, 0.25) is 0 Å². The highest BCUT2D eigenvalue weighted by molar-refractivity contribution is 6.00. The molecule has 4 nitrogen and oxygen atoms in total. The van der Waals surface area contributed by atoms with Crippen molar-refractivity contribution in [2.75, 3.05) is 19.0 Å². The Morgan fingerprint density at radius 1 is 1.26 bits per heavy atom. The summed E-state index contributed by atoms with van der Waals surface area (Å²) < 4.78 is 1.78. The molecule has 1 aliphatic rings. The monoisotopic (exact) mass is 255 g/mol. The Morgan fingerprint density at radius 3 is 2.95 bits per heavy atom. The molecule has 2 heterocycles. The summed E-state index contributed by atoms with van der Waals surface area (Å²) >= 11 is 0. The molecule has 0 unspecified atom stereocenters. The first-order valence-corrected chi connectivity index (χ1v) is 6.52. The molecule has 19 heavy (non-hydrogen) atoms. The van der Waals surface area contributed by atoms with Crippen LogP contribution in [0.1, 0.15) is 12.8 Å². The number of amides is 1. The molecule has 0 saturated carbocycles. The third kappa shape index (κ3) is 2.34. The van der Waals surface area contributed by atoms with E-state index in [1.54, 1.807) is 4.68 Å². The molecule has 0 saturated heterocycles. The number of para-hydroxylation sites is 1. The van der Waals surface area contributed by atoms with Crippen molar-refractivity contribution in [2.24, 2.45) is 0 Å². The van der Waals surface area contributed by atoms with Crippen LogP contribution in [-0.4, -0.2) is 29.1 Å². The number of carbonyl (C=O) groups is 1. The Morgan fingerprint density at radius 2 is 2.11 bits per heavy atom. The van der Waals surface area contributed by atoms with Gasteiger partial charge in [0.05, 0.1) is 5.52 Å². The molecule has 0 bridgehead atoms. The van der Waals surface area contributed by atoms with E-state index in [-0.39, 0.29) is 5.91 Å². The van der Waals surface area contributed by atoms with Crippen molar-refractivity contribution < 1.29 is 4.79 Å². The molecule has 0 radical (unpaired) electrons. The Hall–Kier alpha value is -2.23. The first-order valence-electron chi connectivity index (χ1n) is 6.52. The highest BCUT2D eigenvalue weighted by atomic mass is 16.2. The average Bonchev–Trinajstić information content (AvgIpc) is 2.82. The van der Waals surface area contributed by atoms with Gasteiger partial charge in [0.1, 0.15) is 0 Å². The smallest absolute Gasteiger partial charge is 0.267 e. The fourth-order valence-electron chi connectivity index (χ4n) is 2.45. The van der Waals surface area contributed by atoms with E-state index < -0.39 is 0 Å². The molecule has 0 spiro atoms. The summed E-state index contributed by atoms with van der Waals surface area (Å²) in [7, 11) is 2.00. The van der Waals surface area contributed by atoms with E-state index in [0.717, 1.165) is 35.9 Å². The third-order valence-electron chi connectivity index (χ3n) is 3.45. The van der Waals surface area contributed by atoms with Gasteiger partial charge in [0.25, 0.3) is 5.91 Å². The fraction of sp³-hybridized carbons (Fsp3) is 0.267. The van der Waals surface area contributed by atoms with Crippen LogP contribution in [0.15, 0.2) is 48.3 Å². The molecule has 98 valence electrons. The quantitative estimate of drug-likeness (QED) is 0.894. The van der Waals surface area contributed by atoms with Gasteiger partial charge in [-0.05, 0) is 25.0 Å². The van der Waals surface area contributed by atoms with Crippen molar-refractivity contribution in [3.8, 4) is 0 Å². The molecule has 1 aromatic heterocycles. The lowest BCUT2D eigenvalue weighted by molar-refractivity contribution is -0.114. The highest BCUT2D eigenvalue weighted by Crippen LogP contribution is 2.16. The lowest BCUT2D eigenvalue weighted by Gasteiger charge is -2.22. The first-order chi connectivity index (χ1) is 9.24. The minimum Gasteiger partial charge on any atom is -0.380 e. The minimum atomic E-state index is -0.0205. The summed E-state index contributed by atoms with van der Waals surface area (Å²) in [5.41, 5.74) is 4.79. The number of carbonyl (C=O) groups excluding carboxylic acids is 1. The van der Waals surface area contributed by atoms with E-state index in [9.17, 15) is 4.79 Å². The van der Waals surface area contributed by atoms with Crippen molar-refractivity contribution in [2.45, 2.75) is 12.8 Å². The molecule has 0 atom stereocenters. The largest absolute Gasteiger partial charge is 0.380 e. The molecular formula is C15H17N3O. The lowest BCUT2D eigenvalue weighted by Crippen LogP contribution is -2.28. The van der Waals surface area contributed by atoms with Crippen LogP contribution < -0.4 is 5.43 Å². The summed E-state index contributed by atoms with van der Waals surface area (Å²) in [5.74, 6) is -0.0205. The summed E-state index contributed by atoms with van der Waals surface area (Å²) in [6.45, 7) is 1.02. The molecule has 3 rings (SSSR count). The molecule has 1 aromatic carbocycles. The van der Waals surface area contributed by atoms with Crippen LogP contribution in [-0.2, 0) is 4.79 Å². The van der Waals surface area contributed by atoms with E-state index >= 15 is 0 Å². The summed E-state index contributed by atoms with van der Waals surface area (Å²) in [5, 5.41) is 1.12. The normalized spacial score (nSPS) is 15.4. The number of benzene rings is 1. The number of rotatable bonds is 2. The molecule has 1 N–H and O–H groups in total. The Labute approximate surface area is 112 Å². The van der Waals surface area contributed by atoms with Gasteiger partial charge in [-0.1, -0.05) is 18.2 Å². The van der Waals surface area contributed by atoms with Gasteiger partial charge in [-0.3, -0.25) is 14.9 Å². The van der Waals surface area contributed by atoms with E-state index in [1.807, 2.05) is 49.8 Å². The number of nitrogens with zero attached hydrogens (tertiary/aromatic N) is 2. The molecule has 0 aliphatic carbocycles. The van der Waals surface area contributed by atoms with Gasteiger partial charge in [0.15, 0.2) is 0 Å². The zero-order valence-electron chi connectivity index (χ0n) is 11.0. The highest BCUT2D eigenvalue weighted by Gasteiger charge is 2.15. The van der Waals surface area contributed by atoms with Crippen LogP contribution in [0.25, 0.3) is 10.9 Å². The fourth-order valence-corrected chi connectivity index (χ4v) is 2.45. The van der Waals surface area contributed by atoms with Gasteiger partial charge >= 0.3 is 0 Å². The molecule has 4 heteroatoms. The van der Waals surface area contributed by atoms with Crippen LogP contribution in [0, 0.1) is 0 Å². The predicted octanol–water partition coefficient (Wildman–Crippen LogP) is 2.32. The SMILES string of the molecule is CN1C=C(C(=O)Nn2ccc3ccccc32)CCC1. The Kier molecular flexibility index (Phi) is 2.99. The van der Waals surface area contributed by atoms with Crippen LogP contribution in [0.4, 0.5) is 0 Å². The van der Waals surface area contributed by atoms with Gasteiger partial charge < -0.3 is 4.90 Å². The van der Waals surface area contributed by atoms with Crippen molar-refractivity contribution in [1.29, 1.82) is 0 Å². The van der Waals surface area contributed by atoms with E-state index in [4.69, 9.17) is 0 Å². The number of hydrogen-bond donors (Lipinski definition) is 1. The standard InChI is InChI=1S/C15H17N3O/c1-17-9-4-6-13(11-17)15(19)16-18-10-8-12-5-2-3-7-14(12)18/h2-3,5,7-8,10-11H,4,6,9H2,1H3,(H,16,19). The molecule has 1 amide bonds. The van der Waals surface area contributed by atoms with E-state index in [2.05, 4.69) is 10.3 Å². The van der Waals surface area contributed by atoms with Crippen molar-refractivity contribution in [1.82, 2.24) is 9.58 Å². The summed E-state index contributed by atoms with van der Waals surface area (Å²) in [6, 6.07) is 9.99. The zero-order chi connectivity index (χ0) is 13.2. The topological polar surface area (TPSA) is 37.3 Å². The van der Waals surface area contributed by atoms with Gasteiger partial charge in [0.2, 0.25) is 0 Å². The second kappa shape index (κ2) is 4.80. The minimum absolute atomic E-state index is 0.0205. The van der Waals surface area contributed by atoms with E-state index in [0.29, 0.717) is 0 Å². The van der Waals surface area contributed by atoms with Crippen molar-refractivity contribution >= 4 is 16.8 Å². The summed E-state index contributed by atoms with van der Waals surface area (Å²) in [6.07, 6.45) is 5.69. The predicted molar refractivity (Wildman–Crippen MR) is 76.3 cm³/mol. The van der Waals surface area contributed by atoms with Gasteiger partial charge in [-0.2, -0.15) is 0 Å². The maximum Gasteiger partial charge on any atom is 0.267 e. The maximum absolute atomic E-state index is 12.2. The zero-order valence-corrected chi connectivity index (χ0v) is 11.0. The molecule has 2 aromatic rings. The van der Waals surface area contributed by atoms with E-state index in [1.165, 1.54) is 0 Å². The number of nitrogens with one attached hydrogen (secondary N) is 1. The Bertz CT molecular complexity index is 642. The van der Waals surface area contributed by atoms with Crippen molar-refractivity contribution in [3.05, 3.63) is 48.3 Å².